The van der Waals surface area contributed by atoms with Gasteiger partial charge < -0.3 is 10.4 Å². The van der Waals surface area contributed by atoms with Crippen LogP contribution in [-0.4, -0.2) is 23.5 Å². The molecular formula is C12H21NO3. The van der Waals surface area contributed by atoms with E-state index in [1.54, 1.807) is 6.92 Å². The first kappa shape index (κ1) is 14.7. The Hall–Kier alpha value is -1.32. The molecular weight excluding hydrogens is 206 g/mol. The van der Waals surface area contributed by atoms with E-state index < -0.39 is 5.97 Å². The summed E-state index contributed by atoms with van der Waals surface area (Å²) in [5.41, 5.74) is 0.529. The van der Waals surface area contributed by atoms with Gasteiger partial charge in [-0.3, -0.25) is 9.59 Å². The quantitative estimate of drug-likeness (QED) is 0.468. The Morgan fingerprint density at radius 2 is 1.69 bits per heavy atom. The molecule has 92 valence electrons. The summed E-state index contributed by atoms with van der Waals surface area (Å²) in [5.74, 6) is -0.820. The second-order valence-corrected chi connectivity index (χ2v) is 3.95. The number of carboxylic acids is 1. The molecule has 0 aromatic heterocycles. The molecule has 4 nitrogen and oxygen atoms in total. The van der Waals surface area contributed by atoms with Gasteiger partial charge in [-0.15, -0.1) is 0 Å². The van der Waals surface area contributed by atoms with E-state index in [4.69, 9.17) is 5.11 Å². The fraction of sp³-hybridized carbons (Fsp3) is 0.667. The van der Waals surface area contributed by atoms with E-state index in [-0.39, 0.29) is 12.3 Å². The Bertz CT molecular complexity index is 249. The average molecular weight is 227 g/mol. The molecule has 4 heteroatoms. The first-order valence-corrected chi connectivity index (χ1v) is 5.69. The maximum Gasteiger partial charge on any atom is 0.303 e. The van der Waals surface area contributed by atoms with E-state index in [0.717, 1.165) is 32.1 Å². The first-order valence-electron chi connectivity index (χ1n) is 5.69. The summed E-state index contributed by atoms with van der Waals surface area (Å²) < 4.78 is 0. The molecule has 0 atom stereocenters. The van der Waals surface area contributed by atoms with Crippen molar-refractivity contribution in [1.82, 2.24) is 5.32 Å². The Morgan fingerprint density at radius 1 is 1.12 bits per heavy atom. The second-order valence-electron chi connectivity index (χ2n) is 3.95. The lowest BCUT2D eigenvalue weighted by atomic mass is 10.1. The molecule has 0 spiro atoms. The Morgan fingerprint density at radius 3 is 2.25 bits per heavy atom. The Labute approximate surface area is 96.7 Å². The van der Waals surface area contributed by atoms with E-state index in [1.807, 2.05) is 0 Å². The molecule has 2 N–H and O–H groups in total. The molecule has 0 bridgehead atoms. The maximum absolute atomic E-state index is 11.1. The molecule has 0 saturated carbocycles. The van der Waals surface area contributed by atoms with Crippen molar-refractivity contribution < 1.29 is 14.7 Å². The van der Waals surface area contributed by atoms with Crippen LogP contribution in [0.25, 0.3) is 0 Å². The number of unbranched alkanes of at least 4 members (excludes halogenated alkanes) is 4. The fourth-order valence-corrected chi connectivity index (χ4v) is 1.28. The van der Waals surface area contributed by atoms with Gasteiger partial charge in [0, 0.05) is 18.5 Å². The number of carbonyl (C=O) groups excluding carboxylic acids is 1. The van der Waals surface area contributed by atoms with Crippen LogP contribution in [0.5, 0.6) is 0 Å². The lowest BCUT2D eigenvalue weighted by Gasteiger charge is -2.04. The third-order valence-electron chi connectivity index (χ3n) is 2.24. The van der Waals surface area contributed by atoms with E-state index in [1.165, 1.54) is 0 Å². The van der Waals surface area contributed by atoms with Crippen LogP contribution in [0, 0.1) is 0 Å². The third-order valence-corrected chi connectivity index (χ3v) is 2.24. The zero-order valence-electron chi connectivity index (χ0n) is 9.92. The molecule has 0 radical (unpaired) electrons. The van der Waals surface area contributed by atoms with Crippen molar-refractivity contribution >= 4 is 11.9 Å². The number of rotatable bonds is 9. The molecule has 0 heterocycles. The van der Waals surface area contributed by atoms with Crippen LogP contribution in [-0.2, 0) is 9.59 Å². The summed E-state index contributed by atoms with van der Waals surface area (Å²) in [5, 5.41) is 11.2. The highest BCUT2D eigenvalue weighted by Gasteiger charge is 1.99. The van der Waals surface area contributed by atoms with Crippen LogP contribution >= 0.6 is 0 Å². The number of carboxylic acid groups (broad SMARTS) is 1. The van der Waals surface area contributed by atoms with Crippen LogP contribution in [0.1, 0.15) is 45.4 Å². The maximum atomic E-state index is 11.1. The molecule has 0 saturated heterocycles. The van der Waals surface area contributed by atoms with E-state index >= 15 is 0 Å². The van der Waals surface area contributed by atoms with Gasteiger partial charge in [-0.2, -0.15) is 0 Å². The monoisotopic (exact) mass is 227 g/mol. The molecule has 0 fully saturated rings. The molecule has 0 aliphatic carbocycles. The van der Waals surface area contributed by atoms with Crippen LogP contribution < -0.4 is 5.32 Å². The number of hydrogen-bond donors (Lipinski definition) is 2. The van der Waals surface area contributed by atoms with Gasteiger partial charge in [0.25, 0.3) is 0 Å². The fourth-order valence-electron chi connectivity index (χ4n) is 1.28. The minimum absolute atomic E-state index is 0.0918. The van der Waals surface area contributed by atoms with Gasteiger partial charge in [0.2, 0.25) is 5.91 Å². The van der Waals surface area contributed by atoms with Crippen LogP contribution in [0.15, 0.2) is 12.2 Å². The number of carbonyl (C=O) groups is 2. The van der Waals surface area contributed by atoms with E-state index in [0.29, 0.717) is 12.1 Å². The number of aliphatic carboxylic acids is 1. The van der Waals surface area contributed by atoms with Crippen LogP contribution in [0.3, 0.4) is 0 Å². The topological polar surface area (TPSA) is 66.4 Å². The normalized spacial score (nSPS) is 9.81. The van der Waals surface area contributed by atoms with Gasteiger partial charge in [-0.1, -0.05) is 25.8 Å². The lowest BCUT2D eigenvalue weighted by molar-refractivity contribution is -0.137. The van der Waals surface area contributed by atoms with Crippen molar-refractivity contribution in [2.45, 2.75) is 45.4 Å². The highest BCUT2D eigenvalue weighted by Crippen LogP contribution is 2.04. The summed E-state index contributed by atoms with van der Waals surface area (Å²) in [6.07, 6.45) is 4.93. The third kappa shape index (κ3) is 9.24. The molecule has 0 aromatic carbocycles. The van der Waals surface area contributed by atoms with Crippen molar-refractivity contribution in [3.05, 3.63) is 12.2 Å². The smallest absolute Gasteiger partial charge is 0.303 e. The van der Waals surface area contributed by atoms with Crippen LogP contribution in [0.2, 0.25) is 0 Å². The summed E-state index contributed by atoms with van der Waals surface area (Å²) >= 11 is 0. The zero-order chi connectivity index (χ0) is 12.4. The standard InChI is InChI=1S/C12H21NO3/c1-10(2)12(16)13-9-7-5-3-4-6-8-11(14)15/h1,3-9H2,2H3,(H,13,16)(H,14,15). The van der Waals surface area contributed by atoms with Gasteiger partial charge in [0.05, 0.1) is 0 Å². The predicted octanol–water partition coefficient (Wildman–Crippen LogP) is 2.10. The molecule has 16 heavy (non-hydrogen) atoms. The van der Waals surface area contributed by atoms with Gasteiger partial charge in [0.1, 0.15) is 0 Å². The van der Waals surface area contributed by atoms with Crippen LogP contribution in [0.4, 0.5) is 0 Å². The van der Waals surface area contributed by atoms with E-state index in [2.05, 4.69) is 11.9 Å². The molecule has 0 aliphatic rings. The molecule has 0 aliphatic heterocycles. The SMILES string of the molecule is C=C(C)C(=O)NCCCCCCCC(=O)O. The van der Waals surface area contributed by atoms with Gasteiger partial charge >= 0.3 is 5.97 Å². The zero-order valence-corrected chi connectivity index (χ0v) is 9.92. The van der Waals surface area contributed by atoms with Crippen molar-refractivity contribution in [1.29, 1.82) is 0 Å². The minimum atomic E-state index is -0.728. The Balaban J connectivity index is 3.19. The first-order chi connectivity index (χ1) is 7.54. The van der Waals surface area contributed by atoms with Crippen molar-refractivity contribution in [3.63, 3.8) is 0 Å². The largest absolute Gasteiger partial charge is 0.481 e. The lowest BCUT2D eigenvalue weighted by Crippen LogP contribution is -2.24. The van der Waals surface area contributed by atoms with Gasteiger partial charge in [-0.05, 0) is 19.8 Å². The summed E-state index contributed by atoms with van der Waals surface area (Å²) in [7, 11) is 0. The summed E-state index contributed by atoms with van der Waals surface area (Å²) in [4.78, 5) is 21.3. The highest BCUT2D eigenvalue weighted by molar-refractivity contribution is 5.91. The molecule has 0 unspecified atom stereocenters. The van der Waals surface area contributed by atoms with Crippen molar-refractivity contribution in [2.24, 2.45) is 0 Å². The average Bonchev–Trinajstić information content (AvgIpc) is 2.21. The summed E-state index contributed by atoms with van der Waals surface area (Å²) in [6, 6.07) is 0. The number of hydrogen-bond acceptors (Lipinski definition) is 2. The van der Waals surface area contributed by atoms with Gasteiger partial charge in [0.15, 0.2) is 0 Å². The number of nitrogens with one attached hydrogen (secondary N) is 1. The van der Waals surface area contributed by atoms with Crippen molar-refractivity contribution in [3.8, 4) is 0 Å². The van der Waals surface area contributed by atoms with Gasteiger partial charge in [-0.25, -0.2) is 0 Å². The van der Waals surface area contributed by atoms with E-state index in [9.17, 15) is 9.59 Å². The highest BCUT2D eigenvalue weighted by atomic mass is 16.4. The molecule has 1 amide bonds. The van der Waals surface area contributed by atoms with Crippen molar-refractivity contribution in [2.75, 3.05) is 6.54 Å². The second kappa shape index (κ2) is 8.95. The number of amides is 1. The Kier molecular flexibility index (Phi) is 8.21. The molecule has 0 aromatic rings. The minimum Gasteiger partial charge on any atom is -0.481 e. The molecule has 0 rings (SSSR count). The predicted molar refractivity (Wildman–Crippen MR) is 63.2 cm³/mol. The summed E-state index contributed by atoms with van der Waals surface area (Å²) in [6.45, 7) is 5.90.